The molecule has 0 radical (unpaired) electrons. The van der Waals surface area contributed by atoms with Gasteiger partial charge in [-0.05, 0) is 43.2 Å². The lowest BCUT2D eigenvalue weighted by Gasteiger charge is -2.14. The first-order valence-corrected chi connectivity index (χ1v) is 6.99. The molecule has 2 heterocycles. The van der Waals surface area contributed by atoms with Gasteiger partial charge >= 0.3 is 5.69 Å². The van der Waals surface area contributed by atoms with Crippen LogP contribution < -0.4 is 11.0 Å². The van der Waals surface area contributed by atoms with Gasteiger partial charge < -0.3 is 15.3 Å². The van der Waals surface area contributed by atoms with E-state index in [4.69, 9.17) is 0 Å². The van der Waals surface area contributed by atoms with Crippen LogP contribution in [-0.4, -0.2) is 15.0 Å². The first kappa shape index (κ1) is 13.6. The SMILES string of the molecule is Cc1ccc(CNC(C)c2ccc3[nH]c(=O)[nH]c3c2)nc1. The average Bonchev–Trinajstić information content (AvgIpc) is 2.85. The van der Waals surface area contributed by atoms with Gasteiger partial charge in [0.25, 0.3) is 0 Å². The topological polar surface area (TPSA) is 73.6 Å². The predicted octanol–water partition coefficient (Wildman–Crippen LogP) is 2.41. The molecular weight excluding hydrogens is 264 g/mol. The third-order valence-electron chi connectivity index (χ3n) is 3.60. The third-order valence-corrected chi connectivity index (χ3v) is 3.60. The molecule has 1 aromatic carbocycles. The molecule has 0 spiro atoms. The zero-order chi connectivity index (χ0) is 14.8. The fourth-order valence-corrected chi connectivity index (χ4v) is 2.30. The molecule has 1 atom stereocenters. The first-order chi connectivity index (χ1) is 10.1. The molecule has 0 amide bonds. The lowest BCUT2D eigenvalue weighted by atomic mass is 10.1. The maximum atomic E-state index is 11.3. The summed E-state index contributed by atoms with van der Waals surface area (Å²) < 4.78 is 0. The van der Waals surface area contributed by atoms with Gasteiger partial charge in [0.05, 0.1) is 16.7 Å². The van der Waals surface area contributed by atoms with Crippen molar-refractivity contribution < 1.29 is 0 Å². The number of nitrogens with zero attached hydrogens (tertiary/aromatic N) is 1. The van der Waals surface area contributed by atoms with E-state index >= 15 is 0 Å². The second-order valence-electron chi connectivity index (χ2n) is 5.31. The summed E-state index contributed by atoms with van der Waals surface area (Å²) >= 11 is 0. The van der Waals surface area contributed by atoms with Gasteiger partial charge in [-0.1, -0.05) is 12.1 Å². The quantitative estimate of drug-likeness (QED) is 0.688. The Kier molecular flexibility index (Phi) is 3.58. The number of hydrogen-bond acceptors (Lipinski definition) is 3. The maximum Gasteiger partial charge on any atom is 0.323 e. The van der Waals surface area contributed by atoms with Gasteiger partial charge in [-0.3, -0.25) is 4.98 Å². The van der Waals surface area contributed by atoms with Crippen LogP contribution in [0.2, 0.25) is 0 Å². The standard InChI is InChI=1S/C16H18N4O/c1-10-3-5-13(18-8-10)9-17-11(2)12-4-6-14-15(7-12)20-16(21)19-14/h3-8,11,17H,9H2,1-2H3,(H2,19,20,21). The predicted molar refractivity (Wildman–Crippen MR) is 83.1 cm³/mol. The van der Waals surface area contributed by atoms with Crippen LogP contribution in [0.3, 0.4) is 0 Å². The molecule has 21 heavy (non-hydrogen) atoms. The summed E-state index contributed by atoms with van der Waals surface area (Å²) in [6.45, 7) is 4.84. The number of hydrogen-bond donors (Lipinski definition) is 3. The minimum absolute atomic E-state index is 0.174. The average molecular weight is 282 g/mol. The van der Waals surface area contributed by atoms with Crippen LogP contribution in [0.4, 0.5) is 0 Å². The Morgan fingerprint density at radius 2 is 2.00 bits per heavy atom. The number of aryl methyl sites for hydroxylation is 1. The van der Waals surface area contributed by atoms with Crippen molar-refractivity contribution in [3.05, 3.63) is 63.8 Å². The lowest BCUT2D eigenvalue weighted by molar-refractivity contribution is 0.568. The van der Waals surface area contributed by atoms with E-state index in [2.05, 4.69) is 33.3 Å². The van der Waals surface area contributed by atoms with Crippen molar-refractivity contribution in [3.8, 4) is 0 Å². The van der Waals surface area contributed by atoms with E-state index in [0.717, 1.165) is 27.9 Å². The zero-order valence-electron chi connectivity index (χ0n) is 12.1. The molecule has 5 nitrogen and oxygen atoms in total. The second kappa shape index (κ2) is 5.54. The largest absolute Gasteiger partial charge is 0.323 e. The highest BCUT2D eigenvalue weighted by Crippen LogP contribution is 2.17. The summed E-state index contributed by atoms with van der Waals surface area (Å²) in [5.74, 6) is 0. The van der Waals surface area contributed by atoms with E-state index in [0.29, 0.717) is 6.54 Å². The molecule has 0 aliphatic rings. The van der Waals surface area contributed by atoms with Crippen LogP contribution in [-0.2, 0) is 6.54 Å². The number of aromatic nitrogens is 3. The Morgan fingerprint density at radius 1 is 1.19 bits per heavy atom. The van der Waals surface area contributed by atoms with Gasteiger partial charge in [0.15, 0.2) is 0 Å². The molecule has 3 aromatic rings. The number of nitrogens with one attached hydrogen (secondary N) is 3. The van der Waals surface area contributed by atoms with Gasteiger partial charge in [0, 0.05) is 18.8 Å². The molecule has 1 unspecified atom stereocenters. The van der Waals surface area contributed by atoms with Crippen LogP contribution in [0.15, 0.2) is 41.3 Å². The van der Waals surface area contributed by atoms with E-state index in [1.54, 1.807) is 0 Å². The van der Waals surface area contributed by atoms with Crippen molar-refractivity contribution in [2.45, 2.75) is 26.4 Å². The van der Waals surface area contributed by atoms with Gasteiger partial charge in [-0.15, -0.1) is 0 Å². The van der Waals surface area contributed by atoms with Crippen molar-refractivity contribution in [3.63, 3.8) is 0 Å². The van der Waals surface area contributed by atoms with Gasteiger partial charge in [0.1, 0.15) is 0 Å². The molecule has 0 saturated heterocycles. The normalized spacial score (nSPS) is 12.7. The highest BCUT2D eigenvalue weighted by Gasteiger charge is 2.07. The maximum absolute atomic E-state index is 11.3. The highest BCUT2D eigenvalue weighted by atomic mass is 16.1. The van der Waals surface area contributed by atoms with Crippen molar-refractivity contribution in [2.75, 3.05) is 0 Å². The molecule has 3 N–H and O–H groups in total. The lowest BCUT2D eigenvalue weighted by Crippen LogP contribution is -2.18. The van der Waals surface area contributed by atoms with Gasteiger partial charge in [-0.25, -0.2) is 4.79 Å². The van der Waals surface area contributed by atoms with E-state index in [-0.39, 0.29) is 11.7 Å². The molecule has 0 aliphatic carbocycles. The Morgan fingerprint density at radius 3 is 2.76 bits per heavy atom. The molecule has 0 aliphatic heterocycles. The molecule has 3 rings (SSSR count). The molecule has 5 heteroatoms. The highest BCUT2D eigenvalue weighted by molar-refractivity contribution is 5.75. The smallest absolute Gasteiger partial charge is 0.306 e. The number of fused-ring (bicyclic) bond motifs is 1. The summed E-state index contributed by atoms with van der Waals surface area (Å²) in [5, 5.41) is 3.44. The summed E-state index contributed by atoms with van der Waals surface area (Å²) in [4.78, 5) is 21.2. The number of benzene rings is 1. The van der Waals surface area contributed by atoms with Crippen molar-refractivity contribution >= 4 is 11.0 Å². The molecule has 2 aromatic heterocycles. The molecule has 0 fully saturated rings. The zero-order valence-corrected chi connectivity index (χ0v) is 12.1. The van der Waals surface area contributed by atoms with E-state index in [1.165, 1.54) is 0 Å². The van der Waals surface area contributed by atoms with Crippen LogP contribution in [0, 0.1) is 6.92 Å². The molecular formula is C16H18N4O. The monoisotopic (exact) mass is 282 g/mol. The van der Waals surface area contributed by atoms with E-state index in [9.17, 15) is 4.79 Å². The minimum Gasteiger partial charge on any atom is -0.306 e. The number of H-pyrrole nitrogens is 2. The Labute approximate surface area is 122 Å². The number of rotatable bonds is 4. The molecule has 0 bridgehead atoms. The van der Waals surface area contributed by atoms with Crippen LogP contribution >= 0.6 is 0 Å². The number of imidazole rings is 1. The van der Waals surface area contributed by atoms with Crippen molar-refractivity contribution in [1.82, 2.24) is 20.3 Å². The van der Waals surface area contributed by atoms with E-state index in [1.807, 2.05) is 37.4 Å². The van der Waals surface area contributed by atoms with Crippen LogP contribution in [0.5, 0.6) is 0 Å². The van der Waals surface area contributed by atoms with Gasteiger partial charge in [0.2, 0.25) is 0 Å². The fraction of sp³-hybridized carbons (Fsp3) is 0.250. The molecule has 0 saturated carbocycles. The van der Waals surface area contributed by atoms with Crippen molar-refractivity contribution in [2.24, 2.45) is 0 Å². The minimum atomic E-state index is -0.174. The van der Waals surface area contributed by atoms with Crippen LogP contribution in [0.25, 0.3) is 11.0 Å². The Bertz CT molecular complexity index is 801. The Balaban J connectivity index is 1.72. The Hall–Kier alpha value is -2.40. The summed E-state index contributed by atoms with van der Waals surface area (Å²) in [7, 11) is 0. The van der Waals surface area contributed by atoms with E-state index < -0.39 is 0 Å². The summed E-state index contributed by atoms with van der Waals surface area (Å²) in [6.07, 6.45) is 1.87. The fourth-order valence-electron chi connectivity index (χ4n) is 2.30. The summed E-state index contributed by atoms with van der Waals surface area (Å²) in [6, 6.07) is 10.2. The first-order valence-electron chi connectivity index (χ1n) is 6.99. The summed E-state index contributed by atoms with van der Waals surface area (Å²) in [5.41, 5.74) is 4.80. The third kappa shape index (κ3) is 3.03. The molecule has 108 valence electrons. The van der Waals surface area contributed by atoms with Gasteiger partial charge in [-0.2, -0.15) is 0 Å². The van der Waals surface area contributed by atoms with Crippen LogP contribution in [0.1, 0.15) is 29.8 Å². The number of pyridine rings is 1. The number of aromatic amines is 2. The second-order valence-corrected chi connectivity index (χ2v) is 5.31. The van der Waals surface area contributed by atoms with Crippen molar-refractivity contribution in [1.29, 1.82) is 0 Å².